The van der Waals surface area contributed by atoms with E-state index in [0.717, 1.165) is 22.4 Å². The minimum atomic E-state index is -3.99. The average molecular weight is 558 g/mol. The fourth-order valence-electron chi connectivity index (χ4n) is 4.81. The highest BCUT2D eigenvalue weighted by Crippen LogP contribution is 2.34. The van der Waals surface area contributed by atoms with Gasteiger partial charge in [0.1, 0.15) is 5.82 Å². The number of rotatable bonds is 5. The van der Waals surface area contributed by atoms with Crippen molar-refractivity contribution in [3.8, 4) is 11.1 Å². The van der Waals surface area contributed by atoms with Crippen LogP contribution in [-0.2, 0) is 28.4 Å². The van der Waals surface area contributed by atoms with Gasteiger partial charge >= 0.3 is 6.03 Å². The second kappa shape index (κ2) is 10.8. The molecule has 0 spiro atoms. The molecule has 40 heavy (non-hydrogen) atoms. The van der Waals surface area contributed by atoms with Crippen molar-refractivity contribution in [1.82, 2.24) is 4.90 Å². The van der Waals surface area contributed by atoms with E-state index in [9.17, 15) is 17.6 Å². The van der Waals surface area contributed by atoms with Gasteiger partial charge in [-0.1, -0.05) is 63.2 Å². The maximum absolute atomic E-state index is 13.5. The van der Waals surface area contributed by atoms with Crippen molar-refractivity contribution in [3.63, 3.8) is 0 Å². The van der Waals surface area contributed by atoms with E-state index in [-0.39, 0.29) is 22.0 Å². The van der Waals surface area contributed by atoms with E-state index in [1.165, 1.54) is 29.8 Å². The Balaban J connectivity index is 1.42. The monoisotopic (exact) mass is 557 g/mol. The van der Waals surface area contributed by atoms with E-state index in [1.54, 1.807) is 11.0 Å². The van der Waals surface area contributed by atoms with Crippen molar-refractivity contribution >= 4 is 27.4 Å². The molecule has 0 fully saturated rings. The average Bonchev–Trinajstić information content (AvgIpc) is 2.93. The van der Waals surface area contributed by atoms with Gasteiger partial charge in [-0.3, -0.25) is 4.72 Å². The highest BCUT2D eigenvalue weighted by molar-refractivity contribution is 7.92. The molecule has 1 heterocycles. The van der Waals surface area contributed by atoms with Gasteiger partial charge in [0.05, 0.1) is 4.90 Å². The summed E-state index contributed by atoms with van der Waals surface area (Å²) in [5, 5.41) is 2.99. The molecule has 0 aliphatic carbocycles. The number of fused-ring (bicyclic) bond motifs is 1. The molecule has 4 aromatic carbocycles. The zero-order valence-corrected chi connectivity index (χ0v) is 23.6. The summed E-state index contributed by atoms with van der Waals surface area (Å²) in [4.78, 5) is 15.0. The van der Waals surface area contributed by atoms with Crippen LogP contribution in [0.4, 0.5) is 20.6 Å². The first-order valence-electron chi connectivity index (χ1n) is 13.2. The summed E-state index contributed by atoms with van der Waals surface area (Å²) in [5.41, 5.74) is 5.25. The predicted molar refractivity (Wildman–Crippen MR) is 157 cm³/mol. The van der Waals surface area contributed by atoms with Crippen molar-refractivity contribution in [3.05, 3.63) is 114 Å². The van der Waals surface area contributed by atoms with Crippen LogP contribution >= 0.6 is 0 Å². The van der Waals surface area contributed by atoms with E-state index < -0.39 is 15.8 Å². The number of nitrogens with zero attached hydrogens (tertiary/aromatic N) is 1. The molecule has 4 aromatic rings. The number of sulfonamides is 1. The van der Waals surface area contributed by atoms with Crippen LogP contribution in [0.1, 0.15) is 37.5 Å². The predicted octanol–water partition coefficient (Wildman–Crippen LogP) is 7.18. The molecule has 0 atom stereocenters. The lowest BCUT2D eigenvalue weighted by Crippen LogP contribution is -2.39. The van der Waals surface area contributed by atoms with Crippen LogP contribution in [0.2, 0.25) is 0 Å². The van der Waals surface area contributed by atoms with Gasteiger partial charge in [-0.25, -0.2) is 17.6 Å². The van der Waals surface area contributed by atoms with Gasteiger partial charge in [0.2, 0.25) is 0 Å². The lowest BCUT2D eigenvalue weighted by Gasteiger charge is -2.30. The fourth-order valence-corrected chi connectivity index (χ4v) is 6.13. The zero-order valence-electron chi connectivity index (χ0n) is 22.7. The Hall–Kier alpha value is -4.17. The fraction of sp³-hybridized carbons (Fsp3) is 0.219. The Morgan fingerprint density at radius 1 is 0.850 bits per heavy atom. The number of amides is 2. The summed E-state index contributed by atoms with van der Waals surface area (Å²) in [6, 6.07) is 25.7. The SMILES string of the molecule is CC(C)(C)c1ccc(NC(=O)N2CCc3cc(S(=O)(=O)Nc4ccc(F)cc4)c(-c4ccccc4)cc3C2)cc1. The topological polar surface area (TPSA) is 78.5 Å². The Bertz CT molecular complexity index is 1630. The van der Waals surface area contributed by atoms with E-state index in [4.69, 9.17) is 0 Å². The number of carbonyl (C=O) groups excluding carboxylic acids is 1. The van der Waals surface area contributed by atoms with Crippen LogP contribution in [0.3, 0.4) is 0 Å². The molecule has 0 radical (unpaired) electrons. The molecule has 2 amide bonds. The van der Waals surface area contributed by atoms with Crippen molar-refractivity contribution in [1.29, 1.82) is 0 Å². The number of anilines is 2. The van der Waals surface area contributed by atoms with E-state index in [2.05, 4.69) is 30.8 Å². The summed E-state index contributed by atoms with van der Waals surface area (Å²) in [6.07, 6.45) is 0.514. The molecule has 2 N–H and O–H groups in total. The number of urea groups is 1. The van der Waals surface area contributed by atoms with Gasteiger partial charge in [-0.15, -0.1) is 0 Å². The summed E-state index contributed by atoms with van der Waals surface area (Å²) in [5.74, 6) is -0.447. The number of benzene rings is 4. The number of hydrogen-bond acceptors (Lipinski definition) is 3. The lowest BCUT2D eigenvalue weighted by molar-refractivity contribution is 0.206. The molecular formula is C32H32FN3O3S. The van der Waals surface area contributed by atoms with Gasteiger partial charge in [-0.2, -0.15) is 0 Å². The molecular weight excluding hydrogens is 525 g/mol. The Morgan fingerprint density at radius 2 is 1.50 bits per heavy atom. The molecule has 0 aromatic heterocycles. The molecule has 6 nitrogen and oxygen atoms in total. The first-order chi connectivity index (χ1) is 19.0. The molecule has 0 bridgehead atoms. The summed E-state index contributed by atoms with van der Waals surface area (Å²) in [6.45, 7) is 7.24. The third kappa shape index (κ3) is 6.02. The first-order valence-corrected chi connectivity index (χ1v) is 14.6. The normalized spacial score (nSPS) is 13.4. The van der Waals surface area contributed by atoms with Crippen LogP contribution in [0.25, 0.3) is 11.1 Å². The van der Waals surface area contributed by atoms with Crippen LogP contribution < -0.4 is 10.0 Å². The summed E-state index contributed by atoms with van der Waals surface area (Å²) >= 11 is 0. The Labute approximate surface area is 234 Å². The molecule has 8 heteroatoms. The highest BCUT2D eigenvalue weighted by atomic mass is 32.2. The van der Waals surface area contributed by atoms with Gasteiger partial charge in [0.15, 0.2) is 0 Å². The third-order valence-corrected chi connectivity index (χ3v) is 8.50. The Kier molecular flexibility index (Phi) is 7.38. The van der Waals surface area contributed by atoms with Crippen molar-refractivity contribution in [2.24, 2.45) is 0 Å². The number of carbonyl (C=O) groups is 1. The van der Waals surface area contributed by atoms with Gasteiger partial charge in [0, 0.05) is 30.0 Å². The molecule has 1 aliphatic rings. The summed E-state index contributed by atoms with van der Waals surface area (Å²) in [7, 11) is -3.99. The molecule has 0 saturated heterocycles. The van der Waals surface area contributed by atoms with E-state index in [1.807, 2.05) is 60.7 Å². The van der Waals surface area contributed by atoms with Crippen molar-refractivity contribution in [2.75, 3.05) is 16.6 Å². The van der Waals surface area contributed by atoms with Crippen LogP contribution in [0.5, 0.6) is 0 Å². The van der Waals surface area contributed by atoms with Crippen molar-refractivity contribution in [2.45, 2.75) is 44.0 Å². The van der Waals surface area contributed by atoms with Gasteiger partial charge in [-0.05, 0) is 82.6 Å². The zero-order chi connectivity index (χ0) is 28.5. The second-order valence-electron chi connectivity index (χ2n) is 11.0. The van der Waals surface area contributed by atoms with Crippen molar-refractivity contribution < 1.29 is 17.6 Å². The standard InChI is InChI=1S/C32H32FN3O3S/c1-32(2,3)25-9-13-27(14-10-25)34-31(37)36-18-17-23-20-30(40(38,39)35-28-15-11-26(33)12-16-28)29(19-24(23)21-36)22-7-5-4-6-8-22/h4-16,19-20,35H,17-18,21H2,1-3H3,(H,34,37). The third-order valence-electron chi connectivity index (χ3n) is 7.07. The van der Waals surface area contributed by atoms with Gasteiger partial charge in [0.25, 0.3) is 10.0 Å². The van der Waals surface area contributed by atoms with Crippen LogP contribution in [0, 0.1) is 5.82 Å². The summed E-state index contributed by atoms with van der Waals surface area (Å²) < 4.78 is 43.1. The Morgan fingerprint density at radius 3 is 2.15 bits per heavy atom. The molecule has 1 aliphatic heterocycles. The smallest absolute Gasteiger partial charge is 0.320 e. The molecule has 0 unspecified atom stereocenters. The number of halogens is 1. The number of hydrogen-bond donors (Lipinski definition) is 2. The maximum atomic E-state index is 13.5. The molecule has 5 rings (SSSR count). The lowest BCUT2D eigenvalue weighted by atomic mass is 9.87. The second-order valence-corrected chi connectivity index (χ2v) is 12.7. The maximum Gasteiger partial charge on any atom is 0.322 e. The molecule has 0 saturated carbocycles. The largest absolute Gasteiger partial charge is 0.322 e. The first kappa shape index (κ1) is 27.4. The van der Waals surface area contributed by atoms with Crippen LogP contribution in [0.15, 0.2) is 95.9 Å². The van der Waals surface area contributed by atoms with E-state index in [0.29, 0.717) is 25.1 Å². The number of nitrogens with one attached hydrogen (secondary N) is 2. The van der Waals surface area contributed by atoms with E-state index >= 15 is 0 Å². The minimum Gasteiger partial charge on any atom is -0.320 e. The van der Waals surface area contributed by atoms with Crippen LogP contribution in [-0.4, -0.2) is 25.9 Å². The molecule has 206 valence electrons. The highest BCUT2D eigenvalue weighted by Gasteiger charge is 2.27. The van der Waals surface area contributed by atoms with Gasteiger partial charge < -0.3 is 10.2 Å². The minimum absolute atomic E-state index is 0.0243. The quantitative estimate of drug-likeness (QED) is 0.273.